The van der Waals surface area contributed by atoms with Crippen molar-refractivity contribution in [3.05, 3.63) is 52.8 Å². The van der Waals surface area contributed by atoms with Gasteiger partial charge in [0.05, 0.1) is 53.0 Å². The van der Waals surface area contributed by atoms with Crippen LogP contribution in [-0.2, 0) is 23.8 Å². The monoisotopic (exact) mass is 876 g/mol. The van der Waals surface area contributed by atoms with Gasteiger partial charge < -0.3 is 49.8 Å². The molecule has 4 heterocycles. The number of methoxy groups -OCH3 is 1. The van der Waals surface area contributed by atoms with E-state index < -0.39 is 88.8 Å². The Bertz CT molecular complexity index is 2190. The van der Waals surface area contributed by atoms with Gasteiger partial charge in [0.15, 0.2) is 5.75 Å². The molecule has 1 unspecified atom stereocenters. The van der Waals surface area contributed by atoms with E-state index in [9.17, 15) is 39.9 Å². The minimum absolute atomic E-state index is 0.0631. The highest BCUT2D eigenvalue weighted by Gasteiger charge is 2.50. The molecule has 1 saturated heterocycles. The molecule has 1 saturated carbocycles. The fourth-order valence-corrected chi connectivity index (χ4v) is 9.47. The van der Waals surface area contributed by atoms with Gasteiger partial charge in [-0.25, -0.2) is 0 Å². The van der Waals surface area contributed by atoms with Gasteiger partial charge in [-0.1, -0.05) is 58.8 Å². The Balaban J connectivity index is 1.47. The summed E-state index contributed by atoms with van der Waals surface area (Å²) in [6, 6.07) is 0.553. The number of aliphatic hydroxyl groups is 2. The minimum Gasteiger partial charge on any atom is -0.507 e. The zero-order valence-corrected chi connectivity index (χ0v) is 37.8. The van der Waals surface area contributed by atoms with Crippen LogP contribution < -0.4 is 10.1 Å². The van der Waals surface area contributed by atoms with Crippen molar-refractivity contribution < 1.29 is 58.9 Å². The van der Waals surface area contributed by atoms with Crippen LogP contribution in [0.2, 0.25) is 0 Å². The molecule has 0 radical (unpaired) electrons. The lowest BCUT2D eigenvalue weighted by Gasteiger charge is -2.38. The molecule has 5 aliphatic rings. The first kappa shape index (κ1) is 47.3. The smallest absolute Gasteiger partial charge is 0.312 e. The Morgan fingerprint density at radius 2 is 1.59 bits per heavy atom. The van der Waals surface area contributed by atoms with Crippen LogP contribution in [-0.4, -0.2) is 129 Å². The number of hydrogen-bond acceptors (Lipinski definition) is 15. The zero-order chi connectivity index (χ0) is 46.1. The number of aromatic hydroxyl groups is 3. The van der Waals surface area contributed by atoms with E-state index in [0.717, 1.165) is 13.1 Å². The molecule has 6 N–H and O–H groups in total. The number of ketones is 1. The Labute approximate surface area is 368 Å². The number of hydrogen-bond donors (Lipinski definition) is 6. The second-order valence-electron chi connectivity index (χ2n) is 17.8. The van der Waals surface area contributed by atoms with Crippen LogP contribution >= 0.6 is 0 Å². The molecule has 2 aromatic rings. The number of phenols is 3. The lowest BCUT2D eigenvalue weighted by molar-refractivity contribution is -0.160. The van der Waals surface area contributed by atoms with Crippen LogP contribution in [0.15, 0.2) is 41.2 Å². The Morgan fingerprint density at radius 3 is 2.22 bits per heavy atom. The summed E-state index contributed by atoms with van der Waals surface area (Å²) in [5, 5.41) is 67.6. The number of carbonyl (C=O) groups excluding carboxylic acids is 3. The number of piperazine rings is 1. The quantitative estimate of drug-likeness (QED) is 0.0926. The van der Waals surface area contributed by atoms with Gasteiger partial charge in [-0.2, -0.15) is 5.10 Å². The molecule has 4 aliphatic heterocycles. The van der Waals surface area contributed by atoms with Gasteiger partial charge in [0, 0.05) is 93.4 Å². The molecule has 2 aromatic carbocycles. The third kappa shape index (κ3) is 9.40. The summed E-state index contributed by atoms with van der Waals surface area (Å²) in [5.41, 5.74) is -0.293. The molecule has 1 aliphatic carbocycles. The van der Waals surface area contributed by atoms with Gasteiger partial charge in [0.1, 0.15) is 23.4 Å². The molecule has 0 aromatic heterocycles. The first-order valence-electron chi connectivity index (χ1n) is 21.9. The van der Waals surface area contributed by atoms with Crippen LogP contribution in [0.4, 0.5) is 5.69 Å². The molecule has 63 heavy (non-hydrogen) atoms. The number of esters is 1. The Hall–Kier alpha value is -5.16. The zero-order valence-electron chi connectivity index (χ0n) is 37.8. The number of amides is 1. The van der Waals surface area contributed by atoms with Gasteiger partial charge in [0.2, 0.25) is 0 Å². The van der Waals surface area contributed by atoms with E-state index in [0.29, 0.717) is 19.1 Å². The lowest BCUT2D eigenvalue weighted by atomic mass is 9.78. The van der Waals surface area contributed by atoms with Crippen molar-refractivity contribution in [2.45, 2.75) is 117 Å². The van der Waals surface area contributed by atoms with Crippen LogP contribution in [0.3, 0.4) is 0 Å². The fourth-order valence-electron chi connectivity index (χ4n) is 9.47. The van der Waals surface area contributed by atoms with Gasteiger partial charge >= 0.3 is 11.8 Å². The number of anilines is 1. The first-order valence-corrected chi connectivity index (χ1v) is 21.9. The van der Waals surface area contributed by atoms with Crippen molar-refractivity contribution in [2.24, 2.45) is 28.8 Å². The summed E-state index contributed by atoms with van der Waals surface area (Å²) in [6.07, 6.45) is 9.75. The van der Waals surface area contributed by atoms with E-state index >= 15 is 0 Å². The molecular formula is C47H64N4O12. The summed E-state index contributed by atoms with van der Waals surface area (Å²) in [4.78, 5) is 43.2. The Morgan fingerprint density at radius 1 is 0.921 bits per heavy atom. The maximum atomic E-state index is 14.5. The van der Waals surface area contributed by atoms with Crippen LogP contribution in [0.5, 0.6) is 23.0 Å². The lowest BCUT2D eigenvalue weighted by Crippen LogP contribution is -2.47. The number of fused-ring (bicyclic) bond motifs is 14. The van der Waals surface area contributed by atoms with Crippen LogP contribution in [0.1, 0.15) is 95.6 Å². The molecule has 7 rings (SSSR count). The second-order valence-corrected chi connectivity index (χ2v) is 17.8. The number of nitrogens with zero attached hydrogens (tertiary/aromatic N) is 3. The number of hydrazone groups is 1. The summed E-state index contributed by atoms with van der Waals surface area (Å²) >= 11 is 0. The molecule has 16 heteroatoms. The van der Waals surface area contributed by atoms with Crippen molar-refractivity contribution in [2.75, 3.05) is 38.6 Å². The number of benzene rings is 2. The van der Waals surface area contributed by atoms with Crippen LogP contribution in [0, 0.1) is 30.6 Å². The normalized spacial score (nSPS) is 32.4. The van der Waals surface area contributed by atoms with E-state index in [1.165, 1.54) is 85.1 Å². The summed E-state index contributed by atoms with van der Waals surface area (Å²) in [5.74, 6) is -8.28. The van der Waals surface area contributed by atoms with Crippen molar-refractivity contribution in [3.8, 4) is 23.0 Å². The maximum Gasteiger partial charge on any atom is 0.312 e. The van der Waals surface area contributed by atoms with Crippen molar-refractivity contribution >= 4 is 40.3 Å². The number of ether oxygens (including phenoxy) is 4. The number of carbonyl (C=O) groups is 3. The standard InChI is InChI=1S/C47H64N4O12/c1-24-13-12-14-25(2)46(59)49-37-32(23-48-51-20-18-50(19-21-51)31-15-10-11-16-31)41(56)34-35(42(37)57)40(55)29(6)44-36(34)45(58)47(8,63-44)61-22-17-33(60-9)26(3)43(62-30(7)52)28(5)39(54)27(4)38(24)53/h12-14,17,22-24,26-28,31,33,38-39,43,53-57H,10-11,15-16,18-21H2,1-9H3,(H,49,59)/b13-12-,22-17-,25-14-,48-23+/t24-,26+,27+,28+,33?,38-,39+,43+,47-/m0/s1. The van der Waals surface area contributed by atoms with Crippen molar-refractivity contribution in [1.82, 2.24) is 9.91 Å². The van der Waals surface area contributed by atoms with Gasteiger partial charge in [-0.05, 0) is 32.8 Å². The molecule has 5 bridgehead atoms. The number of allylic oxidation sites excluding steroid dienone is 2. The largest absolute Gasteiger partial charge is 0.507 e. The minimum atomic E-state index is -2.04. The topological polar surface area (TPSA) is 220 Å². The average Bonchev–Trinajstić information content (AvgIpc) is 3.89. The molecule has 9 atom stereocenters. The molecule has 1 amide bonds. The maximum absolute atomic E-state index is 14.5. The molecule has 16 nitrogen and oxygen atoms in total. The third-order valence-corrected chi connectivity index (χ3v) is 13.5. The molecule has 0 spiro atoms. The highest BCUT2D eigenvalue weighted by Crippen LogP contribution is 2.55. The number of phenolic OH excluding ortho intramolecular Hbond substituents is 3. The van der Waals surface area contributed by atoms with E-state index in [1.807, 2.05) is 5.01 Å². The fraction of sp³-hybridized carbons (Fsp3) is 0.574. The van der Waals surface area contributed by atoms with Crippen LogP contribution in [0.25, 0.3) is 10.8 Å². The molecule has 2 fully saturated rings. The number of Topliss-reactive ketones (excluding diaryl/α,β-unsaturated/α-hetero) is 1. The van der Waals surface area contributed by atoms with E-state index in [2.05, 4.69) is 15.3 Å². The van der Waals surface area contributed by atoms with Gasteiger partial charge in [0.25, 0.3) is 11.7 Å². The summed E-state index contributed by atoms with van der Waals surface area (Å²) in [7, 11) is 1.44. The SMILES string of the molecule is COC1/C=C\O[C@@]2(C)Oc3c(C)c(O)c4c(O)c(c(/C=N/N5CCN(C6CCCC6)CC5)c(O)c4c3C2=O)NC(=O)/C(C)=C\C=C/[C@H](C)[C@H](O)[C@@H](C)[C@@H](O)[C@@H](C)[C@H](OC(C)=O)[C@@H]1C. The number of rotatable bonds is 5. The van der Waals surface area contributed by atoms with Crippen molar-refractivity contribution in [1.29, 1.82) is 0 Å². The predicted octanol–water partition coefficient (Wildman–Crippen LogP) is 5.65. The first-order chi connectivity index (χ1) is 29.8. The highest BCUT2D eigenvalue weighted by molar-refractivity contribution is 6.23. The average molecular weight is 877 g/mol. The van der Waals surface area contributed by atoms with Gasteiger partial charge in [-0.3, -0.25) is 24.3 Å². The van der Waals surface area contributed by atoms with Crippen molar-refractivity contribution in [3.63, 3.8) is 0 Å². The summed E-state index contributed by atoms with van der Waals surface area (Å²) in [6.45, 7) is 15.4. The predicted molar refractivity (Wildman–Crippen MR) is 237 cm³/mol. The van der Waals surface area contributed by atoms with E-state index in [-0.39, 0.29) is 44.5 Å². The van der Waals surface area contributed by atoms with E-state index in [4.69, 9.17) is 18.9 Å². The number of nitrogens with one attached hydrogen (secondary N) is 1. The molecule has 344 valence electrons. The van der Waals surface area contributed by atoms with E-state index in [1.54, 1.807) is 39.8 Å². The third-order valence-electron chi connectivity index (χ3n) is 13.5. The Kier molecular flexibility index (Phi) is 14.5. The molecular weight excluding hydrogens is 813 g/mol. The second kappa shape index (κ2) is 19.3. The summed E-state index contributed by atoms with van der Waals surface area (Å²) < 4.78 is 23.7. The van der Waals surface area contributed by atoms with Gasteiger partial charge in [-0.15, -0.1) is 0 Å². The highest BCUT2D eigenvalue weighted by atomic mass is 16.7. The number of aliphatic hydroxyl groups excluding tert-OH is 2.